The first kappa shape index (κ1) is 13.3. The SMILES string of the molecule is CCNC(Cc1nccn1C)c1cnc2ccsc2c1. The molecule has 0 fully saturated rings. The first-order valence-electron chi connectivity index (χ1n) is 6.80. The van der Waals surface area contributed by atoms with Crippen molar-refractivity contribution in [2.45, 2.75) is 19.4 Å². The van der Waals surface area contributed by atoms with Gasteiger partial charge < -0.3 is 9.88 Å². The second kappa shape index (κ2) is 5.73. The lowest BCUT2D eigenvalue weighted by atomic mass is 10.1. The van der Waals surface area contributed by atoms with E-state index in [1.54, 1.807) is 11.3 Å². The first-order chi connectivity index (χ1) is 9.78. The van der Waals surface area contributed by atoms with Crippen molar-refractivity contribution in [1.29, 1.82) is 0 Å². The van der Waals surface area contributed by atoms with Gasteiger partial charge in [0, 0.05) is 38.1 Å². The van der Waals surface area contributed by atoms with Crippen molar-refractivity contribution in [1.82, 2.24) is 19.9 Å². The van der Waals surface area contributed by atoms with Crippen LogP contribution in [0.15, 0.2) is 36.1 Å². The third kappa shape index (κ3) is 2.59. The van der Waals surface area contributed by atoms with E-state index in [0.717, 1.165) is 24.3 Å². The zero-order chi connectivity index (χ0) is 13.9. The molecule has 0 aliphatic heterocycles. The highest BCUT2D eigenvalue weighted by Crippen LogP contribution is 2.24. The molecular weight excluding hydrogens is 268 g/mol. The van der Waals surface area contributed by atoms with E-state index in [9.17, 15) is 0 Å². The Kier molecular flexibility index (Phi) is 3.80. The number of hydrogen-bond acceptors (Lipinski definition) is 4. The standard InChI is InChI=1S/C15H18N4S/c1-3-16-13(9-15-17-5-6-19(15)2)11-8-14-12(18-10-11)4-7-20-14/h4-8,10,13,16H,3,9H2,1-2H3. The van der Waals surface area contributed by atoms with Crippen molar-refractivity contribution in [3.63, 3.8) is 0 Å². The van der Waals surface area contributed by atoms with Gasteiger partial charge in [-0.25, -0.2) is 4.98 Å². The number of aromatic nitrogens is 3. The molecule has 0 radical (unpaired) electrons. The molecule has 3 heterocycles. The predicted molar refractivity (Wildman–Crippen MR) is 82.9 cm³/mol. The average molecular weight is 286 g/mol. The molecule has 0 amide bonds. The normalized spacial score (nSPS) is 12.9. The molecule has 104 valence electrons. The number of nitrogens with one attached hydrogen (secondary N) is 1. The number of hydrogen-bond donors (Lipinski definition) is 1. The molecule has 0 bridgehead atoms. The molecule has 4 nitrogen and oxygen atoms in total. The topological polar surface area (TPSA) is 42.7 Å². The Morgan fingerprint density at radius 3 is 3.05 bits per heavy atom. The fraction of sp³-hybridized carbons (Fsp3) is 0.333. The zero-order valence-corrected chi connectivity index (χ0v) is 12.5. The number of rotatable bonds is 5. The smallest absolute Gasteiger partial charge is 0.110 e. The van der Waals surface area contributed by atoms with E-state index >= 15 is 0 Å². The second-order valence-electron chi connectivity index (χ2n) is 4.84. The molecule has 1 atom stereocenters. The molecule has 0 aliphatic rings. The Balaban J connectivity index is 1.90. The van der Waals surface area contributed by atoms with Crippen LogP contribution in [-0.2, 0) is 13.5 Å². The van der Waals surface area contributed by atoms with E-state index in [-0.39, 0.29) is 6.04 Å². The van der Waals surface area contributed by atoms with Crippen molar-refractivity contribution in [3.05, 3.63) is 47.5 Å². The summed E-state index contributed by atoms with van der Waals surface area (Å²) >= 11 is 1.74. The summed E-state index contributed by atoms with van der Waals surface area (Å²) in [6, 6.07) is 4.55. The van der Waals surface area contributed by atoms with E-state index in [0.29, 0.717) is 0 Å². The maximum absolute atomic E-state index is 4.54. The van der Waals surface area contributed by atoms with Gasteiger partial charge in [0.2, 0.25) is 0 Å². The van der Waals surface area contributed by atoms with Gasteiger partial charge in [0.1, 0.15) is 5.82 Å². The van der Waals surface area contributed by atoms with Crippen LogP contribution < -0.4 is 5.32 Å². The minimum atomic E-state index is 0.250. The number of fused-ring (bicyclic) bond motifs is 1. The quantitative estimate of drug-likeness (QED) is 0.784. The second-order valence-corrected chi connectivity index (χ2v) is 5.79. The van der Waals surface area contributed by atoms with Crippen LogP contribution in [-0.4, -0.2) is 21.1 Å². The van der Waals surface area contributed by atoms with Crippen LogP contribution in [0.25, 0.3) is 10.2 Å². The zero-order valence-electron chi connectivity index (χ0n) is 11.7. The van der Waals surface area contributed by atoms with Gasteiger partial charge in [-0.05, 0) is 29.6 Å². The third-order valence-electron chi connectivity index (χ3n) is 3.48. The predicted octanol–water partition coefficient (Wildman–Crippen LogP) is 2.92. The average Bonchev–Trinajstić information content (AvgIpc) is 3.06. The Morgan fingerprint density at radius 2 is 2.30 bits per heavy atom. The van der Waals surface area contributed by atoms with E-state index < -0.39 is 0 Å². The van der Waals surface area contributed by atoms with Gasteiger partial charge in [0.25, 0.3) is 0 Å². The first-order valence-corrected chi connectivity index (χ1v) is 7.68. The van der Waals surface area contributed by atoms with E-state index in [2.05, 4.69) is 44.3 Å². The summed E-state index contributed by atoms with van der Waals surface area (Å²) in [5.74, 6) is 1.09. The Hall–Kier alpha value is -1.72. The maximum Gasteiger partial charge on any atom is 0.110 e. The molecular formula is C15H18N4S. The number of aryl methyl sites for hydroxylation is 1. The van der Waals surface area contributed by atoms with Crippen LogP contribution in [0.1, 0.15) is 24.4 Å². The van der Waals surface area contributed by atoms with Crippen LogP contribution in [0.2, 0.25) is 0 Å². The summed E-state index contributed by atoms with van der Waals surface area (Å²) in [5.41, 5.74) is 2.30. The van der Waals surface area contributed by atoms with Crippen molar-refractivity contribution >= 4 is 21.6 Å². The van der Waals surface area contributed by atoms with E-state index in [1.165, 1.54) is 10.3 Å². The summed E-state index contributed by atoms with van der Waals surface area (Å²) < 4.78 is 3.31. The maximum atomic E-state index is 4.54. The molecule has 0 aromatic carbocycles. The lowest BCUT2D eigenvalue weighted by Crippen LogP contribution is -2.24. The van der Waals surface area contributed by atoms with Crippen molar-refractivity contribution in [3.8, 4) is 0 Å². The summed E-state index contributed by atoms with van der Waals surface area (Å²) in [7, 11) is 2.03. The minimum absolute atomic E-state index is 0.250. The van der Waals surface area contributed by atoms with Gasteiger partial charge in [-0.15, -0.1) is 11.3 Å². The summed E-state index contributed by atoms with van der Waals surface area (Å²) in [6.07, 6.45) is 6.68. The van der Waals surface area contributed by atoms with Crippen LogP contribution in [0, 0.1) is 0 Å². The lowest BCUT2D eigenvalue weighted by molar-refractivity contribution is 0.528. The van der Waals surface area contributed by atoms with Crippen molar-refractivity contribution < 1.29 is 0 Å². The highest BCUT2D eigenvalue weighted by atomic mass is 32.1. The molecule has 20 heavy (non-hydrogen) atoms. The Morgan fingerprint density at radius 1 is 1.40 bits per heavy atom. The molecule has 0 saturated carbocycles. The van der Waals surface area contributed by atoms with E-state index in [4.69, 9.17) is 0 Å². The Labute approximate surface area is 122 Å². The van der Waals surface area contributed by atoms with Crippen LogP contribution in [0.5, 0.6) is 0 Å². The summed E-state index contributed by atoms with van der Waals surface area (Å²) in [4.78, 5) is 8.96. The monoisotopic (exact) mass is 286 g/mol. The molecule has 1 N–H and O–H groups in total. The molecule has 0 spiro atoms. The number of imidazole rings is 1. The van der Waals surface area contributed by atoms with Gasteiger partial charge >= 0.3 is 0 Å². The number of nitrogens with zero attached hydrogens (tertiary/aromatic N) is 3. The molecule has 1 unspecified atom stereocenters. The lowest BCUT2D eigenvalue weighted by Gasteiger charge is -2.18. The van der Waals surface area contributed by atoms with Gasteiger partial charge in [-0.3, -0.25) is 4.98 Å². The van der Waals surface area contributed by atoms with Crippen LogP contribution in [0.4, 0.5) is 0 Å². The van der Waals surface area contributed by atoms with Crippen LogP contribution >= 0.6 is 11.3 Å². The van der Waals surface area contributed by atoms with Crippen LogP contribution in [0.3, 0.4) is 0 Å². The van der Waals surface area contributed by atoms with Gasteiger partial charge in [-0.2, -0.15) is 0 Å². The Bertz CT molecular complexity index is 701. The third-order valence-corrected chi connectivity index (χ3v) is 4.34. The highest BCUT2D eigenvalue weighted by molar-refractivity contribution is 7.17. The minimum Gasteiger partial charge on any atom is -0.338 e. The highest BCUT2D eigenvalue weighted by Gasteiger charge is 2.15. The molecule has 0 saturated heterocycles. The summed E-state index contributed by atoms with van der Waals surface area (Å²) in [6.45, 7) is 3.06. The molecule has 5 heteroatoms. The number of pyridine rings is 1. The van der Waals surface area contributed by atoms with Crippen molar-refractivity contribution in [2.24, 2.45) is 7.05 Å². The summed E-state index contributed by atoms with van der Waals surface area (Å²) in [5, 5.41) is 5.62. The van der Waals surface area contributed by atoms with Gasteiger partial charge in [0.05, 0.1) is 10.2 Å². The number of thiophene rings is 1. The fourth-order valence-corrected chi connectivity index (χ4v) is 3.17. The fourth-order valence-electron chi connectivity index (χ4n) is 2.38. The molecule has 3 rings (SSSR count). The van der Waals surface area contributed by atoms with Crippen molar-refractivity contribution in [2.75, 3.05) is 6.54 Å². The van der Waals surface area contributed by atoms with E-state index in [1.807, 2.05) is 25.6 Å². The molecule has 3 aromatic rings. The molecule has 0 aliphatic carbocycles. The molecule has 3 aromatic heterocycles. The van der Waals surface area contributed by atoms with Gasteiger partial charge in [0.15, 0.2) is 0 Å². The number of likely N-dealkylation sites (N-methyl/N-ethyl adjacent to an activating group) is 1. The largest absolute Gasteiger partial charge is 0.338 e. The van der Waals surface area contributed by atoms with Gasteiger partial charge in [-0.1, -0.05) is 6.92 Å².